The van der Waals surface area contributed by atoms with Gasteiger partial charge in [-0.15, -0.1) is 0 Å². The highest BCUT2D eigenvalue weighted by atomic mass is 19.1. The molecule has 1 aliphatic carbocycles. The van der Waals surface area contributed by atoms with Gasteiger partial charge in [0.25, 0.3) is 5.91 Å². The molecule has 0 aromatic heterocycles. The Morgan fingerprint density at radius 2 is 1.68 bits per heavy atom. The smallest absolute Gasteiger partial charge is 0.251 e. The van der Waals surface area contributed by atoms with Crippen molar-refractivity contribution in [3.05, 3.63) is 95.8 Å². The van der Waals surface area contributed by atoms with E-state index in [1.54, 1.807) is 12.1 Å². The zero-order valence-corrected chi connectivity index (χ0v) is 21.2. The Morgan fingerprint density at radius 3 is 2.39 bits per heavy atom. The van der Waals surface area contributed by atoms with E-state index in [-0.39, 0.29) is 30.1 Å². The minimum absolute atomic E-state index is 0.00619. The van der Waals surface area contributed by atoms with Crippen molar-refractivity contribution in [3.63, 3.8) is 0 Å². The van der Waals surface area contributed by atoms with Crippen molar-refractivity contribution in [3.8, 4) is 11.1 Å². The maximum absolute atomic E-state index is 13.4. The molecule has 7 heteroatoms. The van der Waals surface area contributed by atoms with Gasteiger partial charge < -0.3 is 15.5 Å². The lowest BCUT2D eigenvalue weighted by molar-refractivity contribution is -0.139. The topological polar surface area (TPSA) is 78.5 Å². The number of nitrogens with zero attached hydrogens (tertiary/aromatic N) is 1. The number of piperazine rings is 1. The molecule has 1 aliphatic heterocycles. The van der Waals surface area contributed by atoms with Crippen LogP contribution in [0.1, 0.15) is 47.5 Å². The van der Waals surface area contributed by atoms with Gasteiger partial charge in [0.05, 0.1) is 6.54 Å². The Bertz CT molecular complexity index is 1280. The summed E-state index contributed by atoms with van der Waals surface area (Å²) in [7, 11) is 0. The van der Waals surface area contributed by atoms with Crippen LogP contribution in [-0.2, 0) is 9.59 Å². The number of rotatable bonds is 9. The highest BCUT2D eigenvalue weighted by Gasteiger charge is 2.38. The van der Waals surface area contributed by atoms with Gasteiger partial charge in [-0.2, -0.15) is 0 Å². The maximum Gasteiger partial charge on any atom is 0.251 e. The predicted molar refractivity (Wildman–Crippen MR) is 144 cm³/mol. The molecule has 2 N–H and O–H groups in total. The second-order valence-electron chi connectivity index (χ2n) is 10.2. The van der Waals surface area contributed by atoms with Gasteiger partial charge in [0, 0.05) is 18.7 Å². The molecule has 0 spiro atoms. The van der Waals surface area contributed by atoms with E-state index in [0.29, 0.717) is 36.9 Å². The number of carbonyl (C=O) groups is 3. The fourth-order valence-electron chi connectivity index (χ4n) is 5.26. The maximum atomic E-state index is 13.4. The molecule has 0 bridgehead atoms. The molecule has 38 heavy (non-hydrogen) atoms. The number of halogens is 1. The molecule has 2 fully saturated rings. The average Bonchev–Trinajstić information content (AvgIpc) is 3.72. The van der Waals surface area contributed by atoms with Crippen molar-refractivity contribution in [2.45, 2.75) is 37.6 Å². The Balaban J connectivity index is 1.22. The predicted octanol–water partition coefficient (Wildman–Crippen LogP) is 4.52. The highest BCUT2D eigenvalue weighted by Crippen LogP contribution is 2.50. The van der Waals surface area contributed by atoms with E-state index in [1.807, 2.05) is 54.6 Å². The molecule has 2 aliphatic rings. The van der Waals surface area contributed by atoms with E-state index >= 15 is 0 Å². The van der Waals surface area contributed by atoms with Crippen molar-refractivity contribution in [2.24, 2.45) is 5.92 Å². The summed E-state index contributed by atoms with van der Waals surface area (Å²) in [5.74, 6) is -0.0260. The van der Waals surface area contributed by atoms with Crippen LogP contribution in [0, 0.1) is 11.7 Å². The number of hydrogen-bond acceptors (Lipinski definition) is 3. The lowest BCUT2D eigenvalue weighted by atomic mass is 10.0. The van der Waals surface area contributed by atoms with Gasteiger partial charge in [0.2, 0.25) is 11.8 Å². The number of amides is 3. The van der Waals surface area contributed by atoms with Crippen LogP contribution in [0.25, 0.3) is 11.1 Å². The van der Waals surface area contributed by atoms with Gasteiger partial charge in [-0.1, -0.05) is 61.0 Å². The molecule has 3 aromatic rings. The van der Waals surface area contributed by atoms with Crippen LogP contribution < -0.4 is 10.6 Å². The molecule has 3 atom stereocenters. The first-order chi connectivity index (χ1) is 18.5. The summed E-state index contributed by atoms with van der Waals surface area (Å²) in [5, 5.41) is 5.68. The SMILES string of the molecule is O=C1CN(C(=O)[C@H](CCC[C@@H]2C[C@H]2c2ccc(F)cc2)NC(=O)c2ccc(-c3ccccc3)cc2)CCN1. The molecule has 0 radical (unpaired) electrons. The largest absolute Gasteiger partial charge is 0.353 e. The minimum Gasteiger partial charge on any atom is -0.353 e. The number of hydrogen-bond donors (Lipinski definition) is 2. The summed E-state index contributed by atoms with van der Waals surface area (Å²) in [5.41, 5.74) is 3.71. The summed E-state index contributed by atoms with van der Waals surface area (Å²) >= 11 is 0. The molecule has 1 saturated heterocycles. The number of nitrogens with one attached hydrogen (secondary N) is 2. The van der Waals surface area contributed by atoms with E-state index in [1.165, 1.54) is 17.0 Å². The van der Waals surface area contributed by atoms with Crippen molar-refractivity contribution >= 4 is 17.7 Å². The summed E-state index contributed by atoms with van der Waals surface area (Å²) in [6.07, 6.45) is 3.24. The molecule has 5 rings (SSSR count). The van der Waals surface area contributed by atoms with Gasteiger partial charge in [-0.3, -0.25) is 14.4 Å². The minimum atomic E-state index is -0.703. The van der Waals surface area contributed by atoms with E-state index in [9.17, 15) is 18.8 Å². The lowest BCUT2D eigenvalue weighted by Crippen LogP contribution is -2.55. The Labute approximate surface area is 222 Å². The summed E-state index contributed by atoms with van der Waals surface area (Å²) < 4.78 is 13.2. The van der Waals surface area contributed by atoms with Crippen LogP contribution in [0.15, 0.2) is 78.9 Å². The van der Waals surface area contributed by atoms with Gasteiger partial charge in [-0.05, 0) is 72.1 Å². The van der Waals surface area contributed by atoms with Crippen LogP contribution in [0.5, 0.6) is 0 Å². The third-order valence-electron chi connectivity index (χ3n) is 7.50. The number of benzene rings is 3. The van der Waals surface area contributed by atoms with Crippen molar-refractivity contribution in [1.29, 1.82) is 0 Å². The molecule has 1 saturated carbocycles. The van der Waals surface area contributed by atoms with Gasteiger partial charge in [-0.25, -0.2) is 4.39 Å². The highest BCUT2D eigenvalue weighted by molar-refractivity contribution is 5.98. The van der Waals surface area contributed by atoms with Crippen LogP contribution in [0.3, 0.4) is 0 Å². The van der Waals surface area contributed by atoms with Crippen LogP contribution in [-0.4, -0.2) is 48.3 Å². The average molecular weight is 514 g/mol. The standard InChI is InChI=1S/C31H32FN3O3/c32-26-15-13-23(14-16-26)27-19-25(27)7-4-8-28(31(38)35-18-17-33-29(36)20-35)34-30(37)24-11-9-22(10-12-24)21-5-2-1-3-6-21/h1-3,5-6,9-16,25,27-28H,4,7-8,17-20H2,(H,33,36)(H,34,37)/t25-,27+,28+/m1/s1. The Hall–Kier alpha value is -4.00. The Kier molecular flexibility index (Phi) is 7.82. The summed E-state index contributed by atoms with van der Waals surface area (Å²) in [6.45, 7) is 0.845. The molecule has 1 heterocycles. The molecular weight excluding hydrogens is 481 g/mol. The van der Waals surface area contributed by atoms with E-state index in [2.05, 4.69) is 10.6 Å². The number of carbonyl (C=O) groups excluding carboxylic acids is 3. The van der Waals surface area contributed by atoms with E-state index in [4.69, 9.17) is 0 Å². The van der Waals surface area contributed by atoms with Crippen molar-refractivity contribution in [2.75, 3.05) is 19.6 Å². The summed E-state index contributed by atoms with van der Waals surface area (Å²) in [6, 6.07) is 23.2. The molecule has 3 aromatic carbocycles. The molecule has 6 nitrogen and oxygen atoms in total. The lowest BCUT2D eigenvalue weighted by Gasteiger charge is -2.30. The fourth-order valence-corrected chi connectivity index (χ4v) is 5.26. The molecule has 3 amide bonds. The third-order valence-corrected chi connectivity index (χ3v) is 7.50. The first kappa shape index (κ1) is 25.6. The molecular formula is C31H32FN3O3. The van der Waals surface area contributed by atoms with Crippen LogP contribution >= 0.6 is 0 Å². The third kappa shape index (κ3) is 6.28. The van der Waals surface area contributed by atoms with Crippen molar-refractivity contribution < 1.29 is 18.8 Å². The van der Waals surface area contributed by atoms with Crippen LogP contribution in [0.2, 0.25) is 0 Å². The van der Waals surface area contributed by atoms with Gasteiger partial charge in [0.1, 0.15) is 11.9 Å². The normalized spacial score (nSPS) is 19.4. The zero-order chi connectivity index (χ0) is 26.5. The fraction of sp³-hybridized carbons (Fsp3) is 0.323. The van der Waals surface area contributed by atoms with E-state index < -0.39 is 6.04 Å². The second-order valence-corrected chi connectivity index (χ2v) is 10.2. The Morgan fingerprint density at radius 1 is 0.974 bits per heavy atom. The first-order valence-electron chi connectivity index (χ1n) is 13.3. The van der Waals surface area contributed by atoms with E-state index in [0.717, 1.165) is 36.0 Å². The van der Waals surface area contributed by atoms with Crippen LogP contribution in [0.4, 0.5) is 4.39 Å². The van der Waals surface area contributed by atoms with Crippen molar-refractivity contribution in [1.82, 2.24) is 15.5 Å². The molecule has 0 unspecified atom stereocenters. The zero-order valence-electron chi connectivity index (χ0n) is 21.2. The van der Waals surface area contributed by atoms with Gasteiger partial charge in [0.15, 0.2) is 0 Å². The van der Waals surface area contributed by atoms with Gasteiger partial charge >= 0.3 is 0 Å². The quantitative estimate of drug-likeness (QED) is 0.442. The molecule has 196 valence electrons. The monoisotopic (exact) mass is 513 g/mol. The second kappa shape index (κ2) is 11.6. The first-order valence-corrected chi connectivity index (χ1v) is 13.3. The summed E-state index contributed by atoms with van der Waals surface area (Å²) in [4.78, 5) is 39.9.